The zero-order chi connectivity index (χ0) is 11.7. The average Bonchev–Trinajstić information content (AvgIpc) is 2.64. The van der Waals surface area contributed by atoms with Gasteiger partial charge in [0.25, 0.3) is 6.43 Å². The Kier molecular flexibility index (Phi) is 3.00. The zero-order valence-corrected chi connectivity index (χ0v) is 9.95. The van der Waals surface area contributed by atoms with E-state index in [0.717, 1.165) is 0 Å². The van der Waals surface area contributed by atoms with Crippen LogP contribution in [0.4, 0.5) is 8.78 Å². The van der Waals surface area contributed by atoms with Gasteiger partial charge in [0.1, 0.15) is 6.33 Å². The number of aromatic nitrogens is 3. The highest BCUT2D eigenvalue weighted by Crippen LogP contribution is 2.28. The molecule has 1 aromatic carbocycles. The topological polar surface area (TPSA) is 30.7 Å². The molecule has 0 saturated carbocycles. The fourth-order valence-electron chi connectivity index (χ4n) is 1.34. The second kappa shape index (κ2) is 4.29. The molecule has 0 aliphatic carbocycles. The van der Waals surface area contributed by atoms with Gasteiger partial charge >= 0.3 is 0 Å². The van der Waals surface area contributed by atoms with Gasteiger partial charge in [-0.2, -0.15) is 5.10 Å². The molecule has 0 fully saturated rings. The van der Waals surface area contributed by atoms with E-state index in [1.54, 1.807) is 13.1 Å². The first-order valence-electron chi connectivity index (χ1n) is 4.51. The molecule has 0 saturated heterocycles. The third-order valence-electron chi connectivity index (χ3n) is 2.03. The van der Waals surface area contributed by atoms with Crippen molar-refractivity contribution in [2.75, 3.05) is 0 Å². The number of benzene rings is 1. The van der Waals surface area contributed by atoms with Crippen LogP contribution in [-0.2, 0) is 7.05 Å². The van der Waals surface area contributed by atoms with Gasteiger partial charge < -0.3 is 0 Å². The summed E-state index contributed by atoms with van der Waals surface area (Å²) < 4.78 is 27.3. The van der Waals surface area contributed by atoms with Gasteiger partial charge in [-0.25, -0.2) is 13.8 Å². The van der Waals surface area contributed by atoms with E-state index in [4.69, 9.17) is 0 Å². The quantitative estimate of drug-likeness (QED) is 0.849. The highest BCUT2D eigenvalue weighted by atomic mass is 79.9. The van der Waals surface area contributed by atoms with Crippen molar-refractivity contribution in [2.24, 2.45) is 7.05 Å². The second-order valence-corrected chi connectivity index (χ2v) is 4.23. The first-order chi connectivity index (χ1) is 7.56. The standard InChI is InChI=1S/C10H8BrF2N3/c1-16-5-14-10(15-16)7-2-6(9(12)13)3-8(11)4-7/h2-5,9H,1H3. The van der Waals surface area contributed by atoms with Crippen LogP contribution in [0.25, 0.3) is 11.4 Å². The molecule has 3 nitrogen and oxygen atoms in total. The molecule has 1 heterocycles. The molecule has 0 spiro atoms. The van der Waals surface area contributed by atoms with Crippen LogP contribution in [0.1, 0.15) is 12.0 Å². The van der Waals surface area contributed by atoms with Gasteiger partial charge in [0.15, 0.2) is 5.82 Å². The van der Waals surface area contributed by atoms with Crippen LogP contribution in [0.3, 0.4) is 0 Å². The maximum atomic E-state index is 12.6. The Morgan fingerprint density at radius 2 is 2.06 bits per heavy atom. The molecule has 0 unspecified atom stereocenters. The lowest BCUT2D eigenvalue weighted by atomic mass is 10.1. The van der Waals surface area contributed by atoms with Crippen LogP contribution < -0.4 is 0 Å². The lowest BCUT2D eigenvalue weighted by Crippen LogP contribution is -1.90. The van der Waals surface area contributed by atoms with Crippen molar-refractivity contribution in [1.82, 2.24) is 14.8 Å². The van der Waals surface area contributed by atoms with E-state index < -0.39 is 6.43 Å². The fraction of sp³-hybridized carbons (Fsp3) is 0.200. The van der Waals surface area contributed by atoms with E-state index >= 15 is 0 Å². The molecule has 0 N–H and O–H groups in total. The summed E-state index contributed by atoms with van der Waals surface area (Å²) in [5.41, 5.74) is 0.530. The second-order valence-electron chi connectivity index (χ2n) is 3.32. The van der Waals surface area contributed by atoms with E-state index in [-0.39, 0.29) is 5.56 Å². The molecule has 6 heteroatoms. The van der Waals surface area contributed by atoms with Gasteiger partial charge in [0.05, 0.1) is 0 Å². The van der Waals surface area contributed by atoms with Gasteiger partial charge in [-0.3, -0.25) is 4.68 Å². The Bertz CT molecular complexity index is 511. The maximum absolute atomic E-state index is 12.6. The predicted octanol–water partition coefficient (Wildman–Crippen LogP) is 3.18. The fourth-order valence-corrected chi connectivity index (χ4v) is 1.85. The minimum absolute atomic E-state index is 0.0446. The summed E-state index contributed by atoms with van der Waals surface area (Å²) in [5, 5.41) is 4.06. The summed E-state index contributed by atoms with van der Waals surface area (Å²) in [6.45, 7) is 0. The van der Waals surface area contributed by atoms with Crippen LogP contribution in [0.2, 0.25) is 0 Å². The summed E-state index contributed by atoms with van der Waals surface area (Å²) >= 11 is 3.19. The Morgan fingerprint density at radius 1 is 1.31 bits per heavy atom. The molecule has 84 valence electrons. The first-order valence-corrected chi connectivity index (χ1v) is 5.30. The molecule has 2 rings (SSSR count). The number of halogens is 3. The molecule has 0 bridgehead atoms. The third-order valence-corrected chi connectivity index (χ3v) is 2.49. The third kappa shape index (κ3) is 2.27. The van der Waals surface area contributed by atoms with Crippen molar-refractivity contribution in [3.63, 3.8) is 0 Å². The Balaban J connectivity index is 2.49. The summed E-state index contributed by atoms with van der Waals surface area (Å²) in [4.78, 5) is 4.01. The van der Waals surface area contributed by atoms with Crippen LogP contribution in [0, 0.1) is 0 Å². The van der Waals surface area contributed by atoms with Crippen molar-refractivity contribution in [3.05, 3.63) is 34.6 Å². The summed E-state index contributed by atoms with van der Waals surface area (Å²) in [6.07, 6.45) is -0.974. The minimum atomic E-state index is -2.50. The Morgan fingerprint density at radius 3 is 2.62 bits per heavy atom. The molecule has 0 aliphatic heterocycles. The maximum Gasteiger partial charge on any atom is 0.263 e. The average molecular weight is 288 g/mol. The number of aryl methyl sites for hydroxylation is 1. The van der Waals surface area contributed by atoms with E-state index in [1.807, 2.05) is 0 Å². The van der Waals surface area contributed by atoms with Crippen LogP contribution in [0.5, 0.6) is 0 Å². The molecular formula is C10H8BrF2N3. The van der Waals surface area contributed by atoms with Gasteiger partial charge in [-0.05, 0) is 18.2 Å². The van der Waals surface area contributed by atoms with E-state index in [9.17, 15) is 8.78 Å². The van der Waals surface area contributed by atoms with Crippen LogP contribution in [0.15, 0.2) is 29.0 Å². The van der Waals surface area contributed by atoms with Crippen LogP contribution in [-0.4, -0.2) is 14.8 Å². The lowest BCUT2D eigenvalue weighted by Gasteiger charge is -2.03. The van der Waals surface area contributed by atoms with E-state index in [0.29, 0.717) is 15.9 Å². The smallest absolute Gasteiger partial charge is 0.255 e. The van der Waals surface area contributed by atoms with E-state index in [1.165, 1.54) is 23.1 Å². The number of rotatable bonds is 2. The summed E-state index contributed by atoms with van der Waals surface area (Å²) in [6, 6.07) is 4.49. The molecule has 2 aromatic rings. The molecule has 0 atom stereocenters. The molecule has 0 radical (unpaired) electrons. The van der Waals surface area contributed by atoms with Gasteiger partial charge in [-0.1, -0.05) is 15.9 Å². The largest absolute Gasteiger partial charge is 0.263 e. The lowest BCUT2D eigenvalue weighted by molar-refractivity contribution is 0.151. The number of hydrogen-bond donors (Lipinski definition) is 0. The molecular weight excluding hydrogens is 280 g/mol. The molecule has 1 aromatic heterocycles. The van der Waals surface area contributed by atoms with Gasteiger partial charge in [-0.15, -0.1) is 0 Å². The molecule has 0 amide bonds. The van der Waals surface area contributed by atoms with Gasteiger partial charge in [0.2, 0.25) is 0 Å². The van der Waals surface area contributed by atoms with Crippen LogP contribution >= 0.6 is 15.9 Å². The Labute approximate surface area is 99.2 Å². The summed E-state index contributed by atoms with van der Waals surface area (Å²) in [7, 11) is 1.72. The van der Waals surface area contributed by atoms with E-state index in [2.05, 4.69) is 26.0 Å². The monoisotopic (exact) mass is 287 g/mol. The van der Waals surface area contributed by atoms with Gasteiger partial charge in [0, 0.05) is 22.6 Å². The van der Waals surface area contributed by atoms with Crippen molar-refractivity contribution < 1.29 is 8.78 Å². The Hall–Kier alpha value is -1.30. The van der Waals surface area contributed by atoms with Crippen molar-refractivity contribution in [2.45, 2.75) is 6.43 Å². The molecule has 16 heavy (non-hydrogen) atoms. The number of alkyl halides is 2. The highest BCUT2D eigenvalue weighted by Gasteiger charge is 2.11. The van der Waals surface area contributed by atoms with Crippen molar-refractivity contribution in [3.8, 4) is 11.4 Å². The minimum Gasteiger partial charge on any atom is -0.255 e. The normalized spacial score (nSPS) is 11.1. The SMILES string of the molecule is Cn1cnc(-c2cc(Br)cc(C(F)F)c2)n1. The predicted molar refractivity (Wildman–Crippen MR) is 59.1 cm³/mol. The first kappa shape index (κ1) is 11.2. The number of nitrogens with zero attached hydrogens (tertiary/aromatic N) is 3. The van der Waals surface area contributed by atoms with Crippen molar-refractivity contribution in [1.29, 1.82) is 0 Å². The van der Waals surface area contributed by atoms with Crippen molar-refractivity contribution >= 4 is 15.9 Å². The highest BCUT2D eigenvalue weighted by molar-refractivity contribution is 9.10. The zero-order valence-electron chi connectivity index (χ0n) is 8.36. The number of hydrogen-bond acceptors (Lipinski definition) is 2. The summed E-state index contributed by atoms with van der Waals surface area (Å²) in [5.74, 6) is 0.436. The molecule has 0 aliphatic rings.